The number of nitrogens with one attached hydrogen (secondary N) is 3. The van der Waals surface area contributed by atoms with Crippen LogP contribution in [0.2, 0.25) is 5.02 Å². The number of piperazine rings is 1. The number of piperidine rings is 2. The molecule has 0 saturated carbocycles. The Bertz CT molecular complexity index is 2490. The van der Waals surface area contributed by atoms with Gasteiger partial charge < -0.3 is 25.2 Å². The monoisotopic (exact) mass is 870 g/mol. The zero-order chi connectivity index (χ0) is 43.0. The second-order valence-corrected chi connectivity index (χ2v) is 18.1. The summed E-state index contributed by atoms with van der Waals surface area (Å²) < 4.78 is 31.5. The van der Waals surface area contributed by atoms with Crippen molar-refractivity contribution in [1.29, 1.82) is 0 Å². The number of rotatable bonds is 12. The fourth-order valence-corrected chi connectivity index (χ4v) is 9.01. The standard InChI is InChI=1S/C42H47ClN10O7S/c1-49(61(3,58)59)34-7-5-4-6-32(34)45-38-31(43)24-44-42(48-38)46-33-11-9-28(23-36(33)60-2)52-20-18-50(19-21-52)25-26-14-16-51(17-15-26)27-8-10-29-30(22-27)41(57)53(40(29)56)35-12-13-37(54)47-39(35)55/h4-11,22-24,26,35H,12-21,25H2,1-3H3,(H,47,54,55)(H2,44,45,46,48). The molecule has 0 spiro atoms. The van der Waals surface area contributed by atoms with Gasteiger partial charge in [0, 0.05) is 76.7 Å². The summed E-state index contributed by atoms with van der Waals surface area (Å²) in [4.78, 5) is 67.7. The third-order valence-electron chi connectivity index (χ3n) is 11.8. The minimum absolute atomic E-state index is 0.0845. The van der Waals surface area contributed by atoms with E-state index >= 15 is 0 Å². The van der Waals surface area contributed by atoms with Crippen LogP contribution in [0.1, 0.15) is 46.4 Å². The van der Waals surface area contributed by atoms with Crippen molar-refractivity contribution >= 4 is 85.5 Å². The van der Waals surface area contributed by atoms with Gasteiger partial charge in [-0.1, -0.05) is 23.7 Å². The molecule has 3 saturated heterocycles. The van der Waals surface area contributed by atoms with Crippen LogP contribution in [0.15, 0.2) is 66.9 Å². The highest BCUT2D eigenvalue weighted by Crippen LogP contribution is 2.36. The fourth-order valence-electron chi connectivity index (χ4n) is 8.36. The predicted molar refractivity (Wildman–Crippen MR) is 233 cm³/mol. The highest BCUT2D eigenvalue weighted by atomic mass is 35.5. The van der Waals surface area contributed by atoms with Crippen LogP contribution in [-0.2, 0) is 19.6 Å². The Balaban J connectivity index is 0.834. The average Bonchev–Trinajstić information content (AvgIpc) is 3.50. The number of halogens is 1. The minimum Gasteiger partial charge on any atom is -0.494 e. The number of benzene rings is 3. The number of carbonyl (C=O) groups excluding carboxylic acids is 4. The number of hydrogen-bond donors (Lipinski definition) is 3. The molecule has 1 aromatic heterocycles. The van der Waals surface area contributed by atoms with E-state index in [1.165, 1.54) is 17.5 Å². The van der Waals surface area contributed by atoms with E-state index in [1.807, 2.05) is 24.3 Å². The second kappa shape index (κ2) is 17.2. The molecule has 3 aromatic carbocycles. The second-order valence-electron chi connectivity index (χ2n) is 15.7. The first-order valence-corrected chi connectivity index (χ1v) is 22.4. The van der Waals surface area contributed by atoms with E-state index in [4.69, 9.17) is 16.3 Å². The third kappa shape index (κ3) is 8.78. The first-order chi connectivity index (χ1) is 29.3. The van der Waals surface area contributed by atoms with Crippen molar-refractivity contribution in [2.24, 2.45) is 5.92 Å². The van der Waals surface area contributed by atoms with Gasteiger partial charge in [0.1, 0.15) is 16.8 Å². The van der Waals surface area contributed by atoms with Crippen LogP contribution in [0.3, 0.4) is 0 Å². The maximum atomic E-state index is 13.4. The summed E-state index contributed by atoms with van der Waals surface area (Å²) in [5, 5.41) is 8.88. The number of hydrogen-bond acceptors (Lipinski definition) is 14. The number of imide groups is 2. The summed E-state index contributed by atoms with van der Waals surface area (Å²) >= 11 is 6.46. The topological polar surface area (TPSA) is 190 Å². The quantitative estimate of drug-likeness (QED) is 0.169. The van der Waals surface area contributed by atoms with Crippen LogP contribution < -0.4 is 34.8 Å². The van der Waals surface area contributed by atoms with E-state index in [1.54, 1.807) is 43.5 Å². The number of aromatic nitrogens is 2. The van der Waals surface area contributed by atoms with Gasteiger partial charge >= 0.3 is 0 Å². The van der Waals surface area contributed by atoms with Crippen LogP contribution in [0, 0.1) is 5.92 Å². The van der Waals surface area contributed by atoms with Gasteiger partial charge in [-0.05, 0) is 67.6 Å². The number of nitrogens with zero attached hydrogens (tertiary/aromatic N) is 7. The number of carbonyl (C=O) groups is 4. The average molecular weight is 871 g/mol. The van der Waals surface area contributed by atoms with E-state index in [9.17, 15) is 27.6 Å². The molecule has 8 rings (SSSR count). The van der Waals surface area contributed by atoms with Crippen molar-refractivity contribution < 1.29 is 32.3 Å². The number of ether oxygens (including phenoxy) is 1. The normalized spacial score (nSPS) is 18.9. The molecule has 0 radical (unpaired) electrons. The van der Waals surface area contributed by atoms with Crippen LogP contribution in [0.5, 0.6) is 5.75 Å². The zero-order valence-corrected chi connectivity index (χ0v) is 35.6. The van der Waals surface area contributed by atoms with Crippen molar-refractivity contribution in [2.45, 2.75) is 31.7 Å². The van der Waals surface area contributed by atoms with E-state index in [0.29, 0.717) is 40.1 Å². The lowest BCUT2D eigenvalue weighted by atomic mass is 9.95. The van der Waals surface area contributed by atoms with Crippen molar-refractivity contribution in [2.75, 3.05) is 91.0 Å². The van der Waals surface area contributed by atoms with Gasteiger partial charge in [-0.3, -0.25) is 38.6 Å². The van der Waals surface area contributed by atoms with Gasteiger partial charge in [-0.25, -0.2) is 13.4 Å². The van der Waals surface area contributed by atoms with Gasteiger partial charge in [0.05, 0.1) is 47.8 Å². The molecule has 4 aliphatic rings. The minimum atomic E-state index is -3.51. The fraction of sp³-hybridized carbons (Fsp3) is 0.381. The summed E-state index contributed by atoms with van der Waals surface area (Å²) in [6, 6.07) is 17.3. The first kappa shape index (κ1) is 41.7. The highest BCUT2D eigenvalue weighted by Gasteiger charge is 2.45. The van der Waals surface area contributed by atoms with E-state index in [-0.39, 0.29) is 29.4 Å². The number of fused-ring (bicyclic) bond motifs is 1. The van der Waals surface area contributed by atoms with E-state index in [0.717, 1.165) is 81.2 Å². The molecule has 5 heterocycles. The first-order valence-electron chi connectivity index (χ1n) is 20.1. The number of sulfonamides is 1. The largest absolute Gasteiger partial charge is 0.494 e. The maximum absolute atomic E-state index is 13.4. The van der Waals surface area contributed by atoms with Gasteiger partial charge in [0.2, 0.25) is 27.8 Å². The van der Waals surface area contributed by atoms with Crippen LogP contribution in [0.25, 0.3) is 0 Å². The smallest absolute Gasteiger partial charge is 0.262 e. The zero-order valence-electron chi connectivity index (χ0n) is 34.1. The molecule has 0 bridgehead atoms. The molecule has 1 atom stereocenters. The molecule has 17 nitrogen and oxygen atoms in total. The summed E-state index contributed by atoms with van der Waals surface area (Å²) in [6.07, 6.45) is 4.82. The summed E-state index contributed by atoms with van der Waals surface area (Å²) in [6.45, 7) is 6.23. The Morgan fingerprint density at radius 3 is 2.26 bits per heavy atom. The maximum Gasteiger partial charge on any atom is 0.262 e. The Labute approximate surface area is 359 Å². The number of para-hydroxylation sites is 2. The van der Waals surface area contributed by atoms with Crippen molar-refractivity contribution in [3.63, 3.8) is 0 Å². The Kier molecular flexibility index (Phi) is 11.8. The summed E-state index contributed by atoms with van der Waals surface area (Å²) in [7, 11) is -0.421. The molecular formula is C42H47ClN10O7S. The lowest BCUT2D eigenvalue weighted by Crippen LogP contribution is -2.54. The van der Waals surface area contributed by atoms with Gasteiger partial charge in [0.25, 0.3) is 11.8 Å². The molecule has 4 aliphatic heterocycles. The molecule has 4 amide bonds. The Morgan fingerprint density at radius 1 is 0.852 bits per heavy atom. The van der Waals surface area contributed by atoms with Crippen LogP contribution in [0.4, 0.5) is 40.2 Å². The molecule has 4 aromatic rings. The molecule has 61 heavy (non-hydrogen) atoms. The number of methoxy groups -OCH3 is 1. The third-order valence-corrected chi connectivity index (χ3v) is 13.3. The Morgan fingerprint density at radius 2 is 1.54 bits per heavy atom. The number of amides is 4. The molecule has 320 valence electrons. The van der Waals surface area contributed by atoms with Crippen molar-refractivity contribution in [1.82, 2.24) is 25.1 Å². The molecule has 3 N–H and O–H groups in total. The Hall–Kier alpha value is -5.98. The molecule has 19 heteroatoms. The molecule has 1 unspecified atom stereocenters. The van der Waals surface area contributed by atoms with E-state index < -0.39 is 39.7 Å². The molecular weight excluding hydrogens is 824 g/mol. The van der Waals surface area contributed by atoms with Gasteiger partial charge in [0.15, 0.2) is 5.82 Å². The summed E-state index contributed by atoms with van der Waals surface area (Å²) in [5.74, 6) is -0.289. The van der Waals surface area contributed by atoms with E-state index in [2.05, 4.69) is 40.6 Å². The molecule has 3 fully saturated rings. The van der Waals surface area contributed by atoms with Crippen molar-refractivity contribution in [3.8, 4) is 5.75 Å². The SMILES string of the molecule is COc1cc(N2CCN(CC3CCN(c4ccc5c(c4)C(=O)N(C4CCC(=O)NC4=O)C5=O)CC3)CC2)ccc1Nc1ncc(Cl)c(Nc2ccccc2N(C)S(C)(=O)=O)n1. The van der Waals surface area contributed by atoms with Crippen LogP contribution in [-0.4, -0.2) is 124 Å². The van der Waals surface area contributed by atoms with Gasteiger partial charge in [-0.15, -0.1) is 0 Å². The number of anilines is 7. The lowest BCUT2D eigenvalue weighted by Gasteiger charge is -2.40. The van der Waals surface area contributed by atoms with Crippen molar-refractivity contribution in [3.05, 3.63) is 83.0 Å². The lowest BCUT2D eigenvalue weighted by molar-refractivity contribution is -0.136. The molecule has 0 aliphatic carbocycles. The summed E-state index contributed by atoms with van der Waals surface area (Å²) in [5.41, 5.74) is 4.11. The predicted octanol–water partition coefficient (Wildman–Crippen LogP) is 4.46. The highest BCUT2D eigenvalue weighted by molar-refractivity contribution is 7.92. The van der Waals surface area contributed by atoms with Crippen LogP contribution >= 0.6 is 11.6 Å². The van der Waals surface area contributed by atoms with Gasteiger partial charge in [-0.2, -0.15) is 4.98 Å².